The van der Waals surface area contributed by atoms with Gasteiger partial charge in [-0.1, -0.05) is 27.7 Å². The molecule has 0 atom stereocenters. The first-order valence-electron chi connectivity index (χ1n) is 5.60. The Morgan fingerprint density at radius 3 is 2.50 bits per heavy atom. The minimum absolute atomic E-state index is 0.350. The predicted molar refractivity (Wildman–Crippen MR) is 75.4 cm³/mol. The second-order valence-corrected chi connectivity index (χ2v) is 5.92. The molecular formula is C13H10BrF3N2S. The van der Waals surface area contributed by atoms with E-state index in [0.29, 0.717) is 11.6 Å². The maximum Gasteiger partial charge on any atom is 0.417 e. The maximum absolute atomic E-state index is 12.4. The first kappa shape index (κ1) is 15.3. The lowest BCUT2D eigenvalue weighted by atomic mass is 10.2. The van der Waals surface area contributed by atoms with Crippen molar-refractivity contribution in [2.75, 3.05) is 0 Å². The van der Waals surface area contributed by atoms with Gasteiger partial charge in [-0.2, -0.15) is 13.2 Å². The van der Waals surface area contributed by atoms with Crippen LogP contribution in [0.5, 0.6) is 0 Å². The lowest BCUT2D eigenvalue weighted by Crippen LogP contribution is -2.05. The fraction of sp³-hybridized carbons (Fsp3) is 0.154. The molecule has 1 aromatic carbocycles. The minimum Gasteiger partial charge on any atom is -0.326 e. The normalized spacial score (nSPS) is 11.7. The van der Waals surface area contributed by atoms with Crippen LogP contribution in [0.3, 0.4) is 0 Å². The molecule has 0 spiro atoms. The maximum atomic E-state index is 12.4. The standard InChI is InChI=1S/C13H10BrF3N2S/c14-10-2-3-11(8(5-10)6-18)20-12-4-1-9(7-19-12)13(15,16)17/h1-5,7H,6,18H2. The van der Waals surface area contributed by atoms with Gasteiger partial charge in [0.2, 0.25) is 0 Å². The van der Waals surface area contributed by atoms with Gasteiger partial charge in [0.05, 0.1) is 5.56 Å². The van der Waals surface area contributed by atoms with Gasteiger partial charge in [0.15, 0.2) is 0 Å². The molecule has 0 aliphatic carbocycles. The first-order valence-corrected chi connectivity index (χ1v) is 7.20. The van der Waals surface area contributed by atoms with Gasteiger partial charge in [-0.05, 0) is 35.9 Å². The van der Waals surface area contributed by atoms with Crippen LogP contribution in [0.25, 0.3) is 0 Å². The van der Waals surface area contributed by atoms with Crippen molar-refractivity contribution >= 4 is 27.7 Å². The van der Waals surface area contributed by atoms with E-state index >= 15 is 0 Å². The van der Waals surface area contributed by atoms with E-state index in [1.54, 1.807) is 0 Å². The van der Waals surface area contributed by atoms with Crippen LogP contribution in [-0.4, -0.2) is 4.98 Å². The van der Waals surface area contributed by atoms with Gasteiger partial charge in [-0.3, -0.25) is 0 Å². The summed E-state index contributed by atoms with van der Waals surface area (Å²) in [4.78, 5) is 4.71. The van der Waals surface area contributed by atoms with Crippen molar-refractivity contribution in [3.8, 4) is 0 Å². The van der Waals surface area contributed by atoms with Gasteiger partial charge in [-0.25, -0.2) is 4.98 Å². The molecule has 106 valence electrons. The first-order chi connectivity index (χ1) is 9.40. The van der Waals surface area contributed by atoms with Crippen molar-refractivity contribution < 1.29 is 13.2 Å². The lowest BCUT2D eigenvalue weighted by molar-refractivity contribution is -0.137. The van der Waals surface area contributed by atoms with Gasteiger partial charge >= 0.3 is 6.18 Å². The summed E-state index contributed by atoms with van der Waals surface area (Å²) in [5.74, 6) is 0. The third kappa shape index (κ3) is 3.74. The number of halogens is 4. The van der Waals surface area contributed by atoms with Crippen molar-refractivity contribution in [3.05, 3.63) is 52.1 Å². The minimum atomic E-state index is -4.36. The van der Waals surface area contributed by atoms with E-state index in [9.17, 15) is 13.2 Å². The molecule has 0 radical (unpaired) electrons. The average molecular weight is 363 g/mol. The lowest BCUT2D eigenvalue weighted by Gasteiger charge is -2.09. The topological polar surface area (TPSA) is 38.9 Å². The SMILES string of the molecule is NCc1cc(Br)ccc1Sc1ccc(C(F)(F)F)cn1. The summed E-state index contributed by atoms with van der Waals surface area (Å²) < 4.78 is 38.2. The highest BCUT2D eigenvalue weighted by atomic mass is 79.9. The molecule has 2 aromatic rings. The highest BCUT2D eigenvalue weighted by molar-refractivity contribution is 9.10. The van der Waals surface area contributed by atoms with Crippen LogP contribution in [0.2, 0.25) is 0 Å². The van der Waals surface area contributed by atoms with Crippen LogP contribution >= 0.6 is 27.7 Å². The fourth-order valence-electron chi connectivity index (χ4n) is 1.53. The summed E-state index contributed by atoms with van der Waals surface area (Å²) >= 11 is 4.64. The zero-order valence-electron chi connectivity index (χ0n) is 10.1. The van der Waals surface area contributed by atoms with Crippen molar-refractivity contribution in [1.82, 2.24) is 4.98 Å². The zero-order valence-corrected chi connectivity index (χ0v) is 12.5. The molecular weight excluding hydrogens is 353 g/mol. The third-order valence-electron chi connectivity index (χ3n) is 2.52. The molecule has 0 fully saturated rings. The summed E-state index contributed by atoms with van der Waals surface area (Å²) in [5, 5.41) is 0.495. The third-order valence-corrected chi connectivity index (χ3v) is 4.08. The number of aromatic nitrogens is 1. The molecule has 0 amide bonds. The average Bonchev–Trinajstić information content (AvgIpc) is 2.40. The summed E-state index contributed by atoms with van der Waals surface area (Å²) in [6.45, 7) is 0.350. The van der Waals surface area contributed by atoms with E-state index in [4.69, 9.17) is 5.73 Å². The largest absolute Gasteiger partial charge is 0.417 e. The number of benzene rings is 1. The van der Waals surface area contributed by atoms with Gasteiger partial charge < -0.3 is 5.73 Å². The van der Waals surface area contributed by atoms with Crippen LogP contribution in [0.15, 0.2) is 50.9 Å². The Bertz CT molecular complexity index is 600. The number of pyridine rings is 1. The Kier molecular flexibility index (Phi) is 4.72. The molecule has 0 aliphatic heterocycles. The summed E-state index contributed by atoms with van der Waals surface area (Å²) in [6.07, 6.45) is -3.53. The number of rotatable bonds is 3. The Hall–Kier alpha value is -1.05. The molecule has 0 saturated heterocycles. The van der Waals surface area contributed by atoms with E-state index in [-0.39, 0.29) is 0 Å². The molecule has 0 aliphatic rings. The van der Waals surface area contributed by atoms with Crippen LogP contribution in [0.4, 0.5) is 13.2 Å². The second kappa shape index (κ2) is 6.15. The van der Waals surface area contributed by atoms with E-state index in [2.05, 4.69) is 20.9 Å². The highest BCUT2D eigenvalue weighted by Gasteiger charge is 2.30. The van der Waals surface area contributed by atoms with Crippen molar-refractivity contribution in [2.45, 2.75) is 22.6 Å². The molecule has 7 heteroatoms. The molecule has 2 rings (SSSR count). The van der Waals surface area contributed by atoms with Gasteiger partial charge in [0, 0.05) is 22.1 Å². The van der Waals surface area contributed by atoms with Gasteiger partial charge in [0.1, 0.15) is 5.03 Å². The van der Waals surface area contributed by atoms with Crippen molar-refractivity contribution in [3.63, 3.8) is 0 Å². The molecule has 0 unspecified atom stereocenters. The summed E-state index contributed by atoms with van der Waals surface area (Å²) in [7, 11) is 0. The number of nitrogens with zero attached hydrogens (tertiary/aromatic N) is 1. The van der Waals surface area contributed by atoms with E-state index < -0.39 is 11.7 Å². The van der Waals surface area contributed by atoms with E-state index in [1.165, 1.54) is 17.8 Å². The van der Waals surface area contributed by atoms with Crippen LogP contribution in [0, 0.1) is 0 Å². The van der Waals surface area contributed by atoms with E-state index in [0.717, 1.165) is 27.2 Å². The zero-order chi connectivity index (χ0) is 14.8. The molecule has 0 bridgehead atoms. The Morgan fingerprint density at radius 1 is 1.20 bits per heavy atom. The molecule has 20 heavy (non-hydrogen) atoms. The molecule has 0 saturated carbocycles. The van der Waals surface area contributed by atoms with Gasteiger partial charge in [0.25, 0.3) is 0 Å². The second-order valence-electron chi connectivity index (χ2n) is 3.94. The Morgan fingerprint density at radius 2 is 1.95 bits per heavy atom. The summed E-state index contributed by atoms with van der Waals surface area (Å²) in [6, 6.07) is 7.97. The number of alkyl halides is 3. The quantitative estimate of drug-likeness (QED) is 0.875. The predicted octanol–water partition coefficient (Wildman–Crippen LogP) is 4.47. The molecule has 2 N–H and O–H groups in total. The highest BCUT2D eigenvalue weighted by Crippen LogP contribution is 2.33. The van der Waals surface area contributed by atoms with Crippen LogP contribution in [0.1, 0.15) is 11.1 Å². The number of nitrogens with two attached hydrogens (primary N) is 1. The Balaban J connectivity index is 2.22. The summed E-state index contributed by atoms with van der Waals surface area (Å²) in [5.41, 5.74) is 5.81. The smallest absolute Gasteiger partial charge is 0.326 e. The van der Waals surface area contributed by atoms with Crippen molar-refractivity contribution in [1.29, 1.82) is 0 Å². The number of hydrogen-bond donors (Lipinski definition) is 1. The van der Waals surface area contributed by atoms with Crippen LogP contribution < -0.4 is 5.73 Å². The molecule has 2 nitrogen and oxygen atoms in total. The monoisotopic (exact) mass is 362 g/mol. The van der Waals surface area contributed by atoms with E-state index in [1.807, 2.05) is 18.2 Å². The Labute approximate surface area is 126 Å². The number of hydrogen-bond acceptors (Lipinski definition) is 3. The fourth-order valence-corrected chi connectivity index (χ4v) is 2.81. The van der Waals surface area contributed by atoms with Crippen LogP contribution in [-0.2, 0) is 12.7 Å². The molecule has 1 heterocycles. The van der Waals surface area contributed by atoms with Gasteiger partial charge in [-0.15, -0.1) is 0 Å². The van der Waals surface area contributed by atoms with Crippen molar-refractivity contribution in [2.24, 2.45) is 5.73 Å². The molecule has 1 aromatic heterocycles.